The van der Waals surface area contributed by atoms with Crippen LogP contribution in [0.2, 0.25) is 0 Å². The number of rotatable bonds is 3. The van der Waals surface area contributed by atoms with E-state index >= 15 is 0 Å². The smallest absolute Gasteiger partial charge is 0.256 e. The maximum Gasteiger partial charge on any atom is 0.256 e. The third-order valence-electron chi connectivity index (χ3n) is 3.59. The Morgan fingerprint density at radius 3 is 2.57 bits per heavy atom. The zero-order valence-electron chi connectivity index (χ0n) is 12.4. The predicted molar refractivity (Wildman–Crippen MR) is 82.4 cm³/mol. The Bertz CT molecular complexity index is 831. The quantitative estimate of drug-likeness (QED) is 0.882. The molecule has 0 atom stereocenters. The van der Waals surface area contributed by atoms with E-state index in [4.69, 9.17) is 9.47 Å². The molecule has 1 heterocycles. The standard InChI is InChI=1S/C17H13F2NO3/c1-22-10-3-6-14(23-2)9(7-10)8-11-15-13(20-17(11)21)5-4-12(18)16(15)19/h3-8H,1-2H3,(H,20,21)/b11-8+. The number of benzene rings is 2. The van der Waals surface area contributed by atoms with Crippen molar-refractivity contribution in [2.45, 2.75) is 0 Å². The van der Waals surface area contributed by atoms with Crippen molar-refractivity contribution in [2.24, 2.45) is 0 Å². The lowest BCUT2D eigenvalue weighted by Gasteiger charge is -2.08. The Kier molecular flexibility index (Phi) is 3.73. The number of hydrogen-bond donors (Lipinski definition) is 1. The van der Waals surface area contributed by atoms with E-state index < -0.39 is 17.5 Å². The number of halogens is 2. The van der Waals surface area contributed by atoms with Crippen molar-refractivity contribution < 1.29 is 23.0 Å². The summed E-state index contributed by atoms with van der Waals surface area (Å²) in [4.78, 5) is 12.1. The van der Waals surface area contributed by atoms with E-state index in [9.17, 15) is 13.6 Å². The largest absolute Gasteiger partial charge is 0.497 e. The van der Waals surface area contributed by atoms with Gasteiger partial charge in [-0.1, -0.05) is 0 Å². The SMILES string of the molecule is COc1ccc(OC)c(/C=C2/C(=O)Nc3ccc(F)c(F)c32)c1. The molecule has 1 aliphatic rings. The van der Waals surface area contributed by atoms with Crippen LogP contribution >= 0.6 is 0 Å². The summed E-state index contributed by atoms with van der Waals surface area (Å²) in [5.41, 5.74) is 0.707. The average molecular weight is 317 g/mol. The van der Waals surface area contributed by atoms with Crippen LogP contribution in [-0.4, -0.2) is 20.1 Å². The van der Waals surface area contributed by atoms with Gasteiger partial charge in [0.05, 0.1) is 25.5 Å². The number of carbonyl (C=O) groups excluding carboxylic acids is 1. The van der Waals surface area contributed by atoms with Crippen LogP contribution in [0.25, 0.3) is 11.6 Å². The molecule has 1 N–H and O–H groups in total. The molecule has 0 bridgehead atoms. The number of nitrogens with one attached hydrogen (secondary N) is 1. The minimum atomic E-state index is -1.06. The normalized spacial score (nSPS) is 14.6. The Labute approximate surface area is 131 Å². The molecule has 0 saturated heterocycles. The highest BCUT2D eigenvalue weighted by Crippen LogP contribution is 2.37. The molecule has 118 valence electrons. The van der Waals surface area contributed by atoms with Crippen LogP contribution in [0.4, 0.5) is 14.5 Å². The van der Waals surface area contributed by atoms with E-state index in [2.05, 4.69) is 5.32 Å². The van der Waals surface area contributed by atoms with E-state index in [0.29, 0.717) is 17.1 Å². The molecular weight excluding hydrogens is 304 g/mol. The molecular formula is C17H13F2NO3. The van der Waals surface area contributed by atoms with Gasteiger partial charge in [0.25, 0.3) is 5.91 Å². The molecule has 4 nitrogen and oxygen atoms in total. The number of amides is 1. The van der Waals surface area contributed by atoms with Gasteiger partial charge in [-0.3, -0.25) is 4.79 Å². The van der Waals surface area contributed by atoms with Crippen LogP contribution in [0.3, 0.4) is 0 Å². The van der Waals surface area contributed by atoms with Crippen molar-refractivity contribution in [3.8, 4) is 11.5 Å². The Morgan fingerprint density at radius 2 is 1.87 bits per heavy atom. The Hall–Kier alpha value is -2.89. The average Bonchev–Trinajstić information content (AvgIpc) is 2.87. The van der Waals surface area contributed by atoms with Crippen molar-refractivity contribution in [3.63, 3.8) is 0 Å². The minimum Gasteiger partial charge on any atom is -0.497 e. The van der Waals surface area contributed by atoms with Crippen LogP contribution in [0.15, 0.2) is 30.3 Å². The molecule has 0 unspecified atom stereocenters. The number of fused-ring (bicyclic) bond motifs is 1. The van der Waals surface area contributed by atoms with Gasteiger partial charge in [0.2, 0.25) is 0 Å². The number of carbonyl (C=O) groups is 1. The molecule has 6 heteroatoms. The summed E-state index contributed by atoms with van der Waals surface area (Å²) in [5, 5.41) is 2.52. The molecule has 0 aliphatic carbocycles. The number of methoxy groups -OCH3 is 2. The van der Waals surface area contributed by atoms with Crippen molar-refractivity contribution in [1.29, 1.82) is 0 Å². The van der Waals surface area contributed by atoms with Gasteiger partial charge in [-0.15, -0.1) is 0 Å². The molecule has 1 amide bonds. The van der Waals surface area contributed by atoms with Crippen LogP contribution < -0.4 is 14.8 Å². The van der Waals surface area contributed by atoms with E-state index in [0.717, 1.165) is 6.07 Å². The summed E-state index contributed by atoms with van der Waals surface area (Å²) >= 11 is 0. The summed E-state index contributed by atoms with van der Waals surface area (Å²) in [6.07, 6.45) is 1.45. The fourth-order valence-corrected chi connectivity index (χ4v) is 2.47. The van der Waals surface area contributed by atoms with Gasteiger partial charge in [-0.2, -0.15) is 0 Å². The summed E-state index contributed by atoms with van der Waals surface area (Å²) in [7, 11) is 2.98. The highest BCUT2D eigenvalue weighted by atomic mass is 19.2. The lowest BCUT2D eigenvalue weighted by Crippen LogP contribution is -2.03. The van der Waals surface area contributed by atoms with E-state index in [1.54, 1.807) is 18.2 Å². The molecule has 0 spiro atoms. The summed E-state index contributed by atoms with van der Waals surface area (Å²) in [6.45, 7) is 0. The third kappa shape index (κ3) is 2.52. The van der Waals surface area contributed by atoms with E-state index in [1.165, 1.54) is 26.4 Å². The lowest BCUT2D eigenvalue weighted by molar-refractivity contribution is -0.110. The zero-order valence-corrected chi connectivity index (χ0v) is 12.4. The first-order chi connectivity index (χ1) is 11.0. The highest BCUT2D eigenvalue weighted by molar-refractivity contribution is 6.35. The van der Waals surface area contributed by atoms with Crippen LogP contribution in [-0.2, 0) is 4.79 Å². The van der Waals surface area contributed by atoms with Crippen LogP contribution in [0.1, 0.15) is 11.1 Å². The highest BCUT2D eigenvalue weighted by Gasteiger charge is 2.29. The fraction of sp³-hybridized carbons (Fsp3) is 0.118. The lowest BCUT2D eigenvalue weighted by atomic mass is 10.0. The molecule has 0 saturated carbocycles. The molecule has 23 heavy (non-hydrogen) atoms. The fourth-order valence-electron chi connectivity index (χ4n) is 2.47. The molecule has 0 aromatic heterocycles. The second kappa shape index (κ2) is 5.72. The molecule has 0 radical (unpaired) electrons. The molecule has 1 aliphatic heterocycles. The van der Waals surface area contributed by atoms with Crippen molar-refractivity contribution >= 4 is 23.2 Å². The number of ether oxygens (including phenoxy) is 2. The molecule has 2 aromatic carbocycles. The maximum absolute atomic E-state index is 14.1. The summed E-state index contributed by atoms with van der Waals surface area (Å²) in [5.74, 6) is -1.54. The second-order valence-electron chi connectivity index (χ2n) is 4.90. The summed E-state index contributed by atoms with van der Waals surface area (Å²) < 4.78 is 38.0. The minimum absolute atomic E-state index is 0.0311. The predicted octanol–water partition coefficient (Wildman–Crippen LogP) is 3.47. The van der Waals surface area contributed by atoms with Crippen molar-refractivity contribution in [2.75, 3.05) is 19.5 Å². The van der Waals surface area contributed by atoms with Gasteiger partial charge in [0.15, 0.2) is 11.6 Å². The first kappa shape index (κ1) is 15.0. The van der Waals surface area contributed by atoms with Gasteiger partial charge in [-0.05, 0) is 36.4 Å². The summed E-state index contributed by atoms with van der Waals surface area (Å²) in [6, 6.07) is 7.32. The third-order valence-corrected chi connectivity index (χ3v) is 3.59. The van der Waals surface area contributed by atoms with Gasteiger partial charge >= 0.3 is 0 Å². The molecule has 0 fully saturated rings. The van der Waals surface area contributed by atoms with Crippen LogP contribution in [0.5, 0.6) is 11.5 Å². The number of anilines is 1. The first-order valence-electron chi connectivity index (χ1n) is 6.78. The van der Waals surface area contributed by atoms with Gasteiger partial charge in [-0.25, -0.2) is 8.78 Å². The zero-order chi connectivity index (χ0) is 16.6. The second-order valence-corrected chi connectivity index (χ2v) is 4.90. The van der Waals surface area contributed by atoms with E-state index in [1.807, 2.05) is 0 Å². The van der Waals surface area contributed by atoms with Gasteiger partial charge in [0.1, 0.15) is 11.5 Å². The van der Waals surface area contributed by atoms with Gasteiger partial charge < -0.3 is 14.8 Å². The maximum atomic E-state index is 14.1. The Balaban J connectivity index is 2.19. The van der Waals surface area contributed by atoms with E-state index in [-0.39, 0.29) is 16.8 Å². The first-order valence-corrected chi connectivity index (χ1v) is 6.78. The topological polar surface area (TPSA) is 47.6 Å². The monoisotopic (exact) mass is 317 g/mol. The molecule has 2 aromatic rings. The van der Waals surface area contributed by atoms with Crippen molar-refractivity contribution in [1.82, 2.24) is 0 Å². The van der Waals surface area contributed by atoms with Crippen molar-refractivity contribution in [3.05, 3.63) is 53.1 Å². The Morgan fingerprint density at radius 1 is 1.09 bits per heavy atom. The number of hydrogen-bond acceptors (Lipinski definition) is 3. The van der Waals surface area contributed by atoms with Crippen LogP contribution in [0, 0.1) is 11.6 Å². The van der Waals surface area contributed by atoms with Gasteiger partial charge in [0, 0.05) is 11.1 Å². The molecule has 3 rings (SSSR count).